The maximum atomic E-state index is 12.0. The Kier molecular flexibility index (Phi) is 5.50. The molecule has 17 heavy (non-hydrogen) atoms. The molecule has 0 spiro atoms. The lowest BCUT2D eigenvalue weighted by molar-refractivity contribution is -0.149. The van der Waals surface area contributed by atoms with Gasteiger partial charge in [0, 0.05) is 0 Å². The van der Waals surface area contributed by atoms with Gasteiger partial charge in [-0.15, -0.1) is 6.42 Å². The van der Waals surface area contributed by atoms with Crippen LogP contribution < -0.4 is 5.32 Å². The van der Waals surface area contributed by atoms with E-state index in [4.69, 9.17) is 11.2 Å². The molecule has 2 unspecified atom stereocenters. The van der Waals surface area contributed by atoms with Crippen molar-refractivity contribution in [3.63, 3.8) is 0 Å². The number of esters is 1. The summed E-state index contributed by atoms with van der Waals surface area (Å²) in [7, 11) is 1.45. The Labute approximate surface area is 104 Å². The second-order valence-electron chi connectivity index (χ2n) is 4.84. The maximum absolute atomic E-state index is 12.0. The molecular formula is C14H23NO2. The van der Waals surface area contributed by atoms with Gasteiger partial charge in [0.25, 0.3) is 0 Å². The summed E-state index contributed by atoms with van der Waals surface area (Å²) in [6.45, 7) is 2.64. The monoisotopic (exact) mass is 237 g/mol. The number of methoxy groups -OCH3 is 1. The van der Waals surface area contributed by atoms with E-state index in [1.807, 2.05) is 0 Å². The fourth-order valence-electron chi connectivity index (χ4n) is 2.69. The zero-order chi connectivity index (χ0) is 12.7. The normalized spacial score (nSPS) is 29.1. The van der Waals surface area contributed by atoms with E-state index in [9.17, 15) is 4.79 Å². The fourth-order valence-corrected chi connectivity index (χ4v) is 2.69. The van der Waals surface area contributed by atoms with Gasteiger partial charge in [-0.05, 0) is 25.2 Å². The molecule has 1 saturated carbocycles. The first-order valence-corrected chi connectivity index (χ1v) is 6.45. The molecule has 0 aromatic heterocycles. The third kappa shape index (κ3) is 3.47. The maximum Gasteiger partial charge on any atom is 0.326 e. The third-order valence-corrected chi connectivity index (χ3v) is 3.88. The average Bonchev–Trinajstić information content (AvgIpc) is 2.58. The van der Waals surface area contributed by atoms with Crippen LogP contribution in [0, 0.1) is 18.3 Å². The van der Waals surface area contributed by atoms with Gasteiger partial charge in [0.1, 0.15) is 5.54 Å². The lowest BCUT2D eigenvalue weighted by Crippen LogP contribution is -2.52. The second kappa shape index (κ2) is 6.66. The fraction of sp³-hybridized carbons (Fsp3) is 0.786. The highest BCUT2D eigenvalue weighted by molar-refractivity contribution is 5.80. The summed E-state index contributed by atoms with van der Waals surface area (Å²) in [5, 5.41) is 3.21. The van der Waals surface area contributed by atoms with Crippen LogP contribution in [-0.2, 0) is 9.53 Å². The highest BCUT2D eigenvalue weighted by Crippen LogP contribution is 2.32. The largest absolute Gasteiger partial charge is 0.468 e. The molecule has 0 aliphatic heterocycles. The van der Waals surface area contributed by atoms with E-state index in [0.717, 1.165) is 31.6 Å². The topological polar surface area (TPSA) is 38.3 Å². The summed E-state index contributed by atoms with van der Waals surface area (Å²) in [6, 6.07) is 0. The molecule has 0 amide bonds. The van der Waals surface area contributed by atoms with Crippen LogP contribution in [0.25, 0.3) is 0 Å². The number of hydrogen-bond donors (Lipinski definition) is 1. The lowest BCUT2D eigenvalue weighted by atomic mass is 9.89. The summed E-state index contributed by atoms with van der Waals surface area (Å²) in [5.41, 5.74) is -0.551. The number of carbonyl (C=O) groups is 1. The zero-order valence-electron chi connectivity index (χ0n) is 10.9. The van der Waals surface area contributed by atoms with E-state index in [2.05, 4.69) is 18.2 Å². The van der Waals surface area contributed by atoms with E-state index in [0.29, 0.717) is 6.54 Å². The van der Waals surface area contributed by atoms with E-state index < -0.39 is 5.54 Å². The molecule has 0 aromatic carbocycles. The van der Waals surface area contributed by atoms with Gasteiger partial charge in [-0.2, -0.15) is 0 Å². The highest BCUT2D eigenvalue weighted by Gasteiger charge is 2.40. The van der Waals surface area contributed by atoms with Crippen molar-refractivity contribution in [2.45, 2.75) is 51.0 Å². The van der Waals surface area contributed by atoms with Crippen LogP contribution in [0.15, 0.2) is 0 Å². The predicted octanol–water partition coefficient (Wildman–Crippen LogP) is 2.11. The first-order valence-electron chi connectivity index (χ1n) is 6.45. The van der Waals surface area contributed by atoms with Crippen molar-refractivity contribution in [2.24, 2.45) is 5.92 Å². The predicted molar refractivity (Wildman–Crippen MR) is 68.4 cm³/mol. The van der Waals surface area contributed by atoms with Gasteiger partial charge in [0.15, 0.2) is 0 Å². The van der Waals surface area contributed by atoms with E-state index >= 15 is 0 Å². The minimum absolute atomic E-state index is 0.162. The molecule has 0 heterocycles. The average molecular weight is 237 g/mol. The van der Waals surface area contributed by atoms with Crippen LogP contribution in [-0.4, -0.2) is 25.2 Å². The van der Waals surface area contributed by atoms with Gasteiger partial charge in [-0.3, -0.25) is 10.1 Å². The second-order valence-corrected chi connectivity index (χ2v) is 4.84. The van der Waals surface area contributed by atoms with Crippen molar-refractivity contribution in [1.29, 1.82) is 0 Å². The number of hydrogen-bond acceptors (Lipinski definition) is 3. The van der Waals surface area contributed by atoms with Crippen molar-refractivity contribution >= 4 is 5.97 Å². The van der Waals surface area contributed by atoms with Crippen LogP contribution in [0.2, 0.25) is 0 Å². The highest BCUT2D eigenvalue weighted by atomic mass is 16.5. The summed E-state index contributed by atoms with van der Waals surface area (Å²) < 4.78 is 4.94. The van der Waals surface area contributed by atoms with Gasteiger partial charge in [-0.25, -0.2) is 0 Å². The molecule has 1 N–H and O–H groups in total. The zero-order valence-corrected chi connectivity index (χ0v) is 10.9. The lowest BCUT2D eigenvalue weighted by Gasteiger charge is -2.30. The van der Waals surface area contributed by atoms with E-state index in [1.165, 1.54) is 20.0 Å². The van der Waals surface area contributed by atoms with Crippen LogP contribution in [0.3, 0.4) is 0 Å². The standard InChI is InChI=1S/C14H23NO2/c1-4-11-15-14(13(16)17-3)9-6-7-12(5-2)8-10-14/h1,12,15H,5-11H2,2-3H3. The van der Waals surface area contributed by atoms with Gasteiger partial charge < -0.3 is 4.74 Å². The first kappa shape index (κ1) is 14.1. The summed E-state index contributed by atoms with van der Waals surface area (Å²) in [6.07, 6.45) is 11.5. The smallest absolute Gasteiger partial charge is 0.326 e. The van der Waals surface area contributed by atoms with Crippen molar-refractivity contribution in [1.82, 2.24) is 5.32 Å². The van der Waals surface area contributed by atoms with Crippen molar-refractivity contribution in [3.8, 4) is 12.3 Å². The quantitative estimate of drug-likeness (QED) is 0.462. The molecule has 96 valence electrons. The molecular weight excluding hydrogens is 214 g/mol. The van der Waals surface area contributed by atoms with Gasteiger partial charge in [-0.1, -0.05) is 32.1 Å². The number of carbonyl (C=O) groups excluding carboxylic acids is 1. The Morgan fingerprint density at radius 2 is 2.29 bits per heavy atom. The molecule has 1 rings (SSSR count). The van der Waals surface area contributed by atoms with Crippen LogP contribution in [0.1, 0.15) is 45.4 Å². The number of rotatable bonds is 4. The number of ether oxygens (including phenoxy) is 1. The van der Waals surface area contributed by atoms with Crippen LogP contribution >= 0.6 is 0 Å². The van der Waals surface area contributed by atoms with Gasteiger partial charge in [0.2, 0.25) is 0 Å². The van der Waals surface area contributed by atoms with Gasteiger partial charge >= 0.3 is 5.97 Å². The van der Waals surface area contributed by atoms with Crippen molar-refractivity contribution < 1.29 is 9.53 Å². The molecule has 0 radical (unpaired) electrons. The molecule has 0 saturated heterocycles. The minimum atomic E-state index is -0.551. The van der Waals surface area contributed by atoms with Crippen molar-refractivity contribution in [3.05, 3.63) is 0 Å². The Hall–Kier alpha value is -1.01. The first-order chi connectivity index (χ1) is 8.18. The molecule has 3 nitrogen and oxygen atoms in total. The van der Waals surface area contributed by atoms with Gasteiger partial charge in [0.05, 0.1) is 13.7 Å². The molecule has 0 bridgehead atoms. The van der Waals surface area contributed by atoms with E-state index in [1.54, 1.807) is 0 Å². The summed E-state index contributed by atoms with van der Waals surface area (Å²) >= 11 is 0. The molecule has 0 aromatic rings. The molecule has 2 atom stereocenters. The Morgan fingerprint density at radius 3 is 2.88 bits per heavy atom. The van der Waals surface area contributed by atoms with Crippen LogP contribution in [0.5, 0.6) is 0 Å². The Morgan fingerprint density at radius 1 is 1.53 bits per heavy atom. The minimum Gasteiger partial charge on any atom is -0.468 e. The van der Waals surface area contributed by atoms with Crippen molar-refractivity contribution in [2.75, 3.05) is 13.7 Å². The number of terminal acetylenes is 1. The Balaban J connectivity index is 2.76. The third-order valence-electron chi connectivity index (χ3n) is 3.88. The molecule has 1 fully saturated rings. The van der Waals surface area contributed by atoms with Crippen LogP contribution in [0.4, 0.5) is 0 Å². The summed E-state index contributed by atoms with van der Waals surface area (Å²) in [5.74, 6) is 3.11. The number of nitrogens with one attached hydrogen (secondary N) is 1. The Bertz CT molecular complexity index is 295. The SMILES string of the molecule is C#CCNC1(C(=O)OC)CCCC(CC)CC1. The summed E-state index contributed by atoms with van der Waals surface area (Å²) in [4.78, 5) is 12.0. The van der Waals surface area contributed by atoms with E-state index in [-0.39, 0.29) is 5.97 Å². The molecule has 1 aliphatic carbocycles. The molecule has 3 heteroatoms. The molecule has 1 aliphatic rings.